The minimum absolute atomic E-state index is 0.0218. The minimum atomic E-state index is -0.770. The molecule has 2 rings (SSSR count). The molecule has 1 N–H and O–H groups in total. The van der Waals surface area contributed by atoms with Crippen molar-refractivity contribution in [2.75, 3.05) is 20.1 Å². The van der Waals surface area contributed by atoms with E-state index in [-0.39, 0.29) is 18.4 Å². The number of hydrogen-bond donors (Lipinski definition) is 1. The number of rotatable bonds is 5. The van der Waals surface area contributed by atoms with Crippen molar-refractivity contribution in [3.63, 3.8) is 0 Å². The molecule has 116 valence electrons. The third-order valence-corrected chi connectivity index (χ3v) is 3.86. The van der Waals surface area contributed by atoms with E-state index < -0.39 is 5.97 Å². The van der Waals surface area contributed by atoms with Crippen LogP contribution in [-0.4, -0.2) is 47.0 Å². The molecule has 0 bridgehead atoms. The fraction of sp³-hybridized carbons (Fsp3) is 0.600. The second-order valence-electron chi connectivity index (χ2n) is 5.60. The summed E-state index contributed by atoms with van der Waals surface area (Å²) in [7, 11) is 1.76. The van der Waals surface area contributed by atoms with Crippen molar-refractivity contribution in [2.24, 2.45) is 5.92 Å². The predicted molar refractivity (Wildman–Crippen MR) is 76.7 cm³/mol. The Balaban J connectivity index is 1.84. The van der Waals surface area contributed by atoms with Crippen molar-refractivity contribution in [3.8, 4) is 0 Å². The first-order chi connectivity index (χ1) is 10.1. The van der Waals surface area contributed by atoms with Gasteiger partial charge in [-0.1, -0.05) is 0 Å². The molecule has 1 aliphatic heterocycles. The van der Waals surface area contributed by atoms with Crippen LogP contribution in [0.15, 0.2) is 22.8 Å². The highest BCUT2D eigenvalue weighted by Crippen LogP contribution is 2.22. The van der Waals surface area contributed by atoms with Crippen LogP contribution in [0.4, 0.5) is 4.79 Å². The molecule has 0 aromatic carbocycles. The molecule has 6 nitrogen and oxygen atoms in total. The van der Waals surface area contributed by atoms with Crippen LogP contribution in [-0.2, 0) is 11.3 Å². The fourth-order valence-corrected chi connectivity index (χ4v) is 2.75. The van der Waals surface area contributed by atoms with Crippen molar-refractivity contribution in [1.82, 2.24) is 9.80 Å². The molecule has 1 atom stereocenters. The number of aliphatic carboxylic acids is 1. The van der Waals surface area contributed by atoms with Gasteiger partial charge in [-0.2, -0.15) is 0 Å². The molecule has 1 fully saturated rings. The molecular weight excluding hydrogens is 272 g/mol. The summed E-state index contributed by atoms with van der Waals surface area (Å²) in [4.78, 5) is 26.5. The quantitative estimate of drug-likeness (QED) is 0.905. The molecule has 1 aliphatic rings. The monoisotopic (exact) mass is 294 g/mol. The van der Waals surface area contributed by atoms with Gasteiger partial charge in [0.2, 0.25) is 0 Å². The van der Waals surface area contributed by atoms with Gasteiger partial charge < -0.3 is 19.3 Å². The summed E-state index contributed by atoms with van der Waals surface area (Å²) in [5.74, 6) is 0.273. The number of urea groups is 1. The Bertz CT molecular complexity index is 472. The average Bonchev–Trinajstić information content (AvgIpc) is 2.97. The number of furan rings is 1. The molecule has 0 radical (unpaired) electrons. The highest BCUT2D eigenvalue weighted by Gasteiger charge is 2.26. The van der Waals surface area contributed by atoms with Gasteiger partial charge in [0.25, 0.3) is 0 Å². The van der Waals surface area contributed by atoms with Crippen LogP contribution in [0.25, 0.3) is 0 Å². The Labute approximate surface area is 124 Å². The second kappa shape index (κ2) is 7.15. The molecule has 21 heavy (non-hydrogen) atoms. The summed E-state index contributed by atoms with van der Waals surface area (Å²) < 4.78 is 5.25. The predicted octanol–water partition coefficient (Wildman–Crippen LogP) is 2.41. The van der Waals surface area contributed by atoms with Gasteiger partial charge in [0.05, 0.1) is 12.8 Å². The van der Waals surface area contributed by atoms with E-state index in [1.807, 2.05) is 11.0 Å². The van der Waals surface area contributed by atoms with E-state index >= 15 is 0 Å². The number of carbonyl (C=O) groups excluding carboxylic acids is 1. The average molecular weight is 294 g/mol. The van der Waals surface area contributed by atoms with E-state index in [2.05, 4.69) is 0 Å². The van der Waals surface area contributed by atoms with E-state index in [1.54, 1.807) is 24.3 Å². The number of piperidine rings is 1. The van der Waals surface area contributed by atoms with Crippen LogP contribution >= 0.6 is 0 Å². The summed E-state index contributed by atoms with van der Waals surface area (Å²) >= 11 is 0. The Hall–Kier alpha value is -1.98. The first-order valence-electron chi connectivity index (χ1n) is 7.30. The maximum Gasteiger partial charge on any atom is 0.320 e. The SMILES string of the molecule is CN(Cc1ccco1)C(=O)N1CCCC(CCC(=O)O)C1. The summed E-state index contributed by atoms with van der Waals surface area (Å²) in [5.41, 5.74) is 0. The summed E-state index contributed by atoms with van der Waals surface area (Å²) in [5, 5.41) is 8.75. The van der Waals surface area contributed by atoms with E-state index in [9.17, 15) is 9.59 Å². The molecule has 2 heterocycles. The maximum atomic E-state index is 12.4. The lowest BCUT2D eigenvalue weighted by molar-refractivity contribution is -0.137. The lowest BCUT2D eigenvalue weighted by Gasteiger charge is -2.35. The number of carbonyl (C=O) groups is 2. The Kier molecular flexibility index (Phi) is 5.25. The second-order valence-corrected chi connectivity index (χ2v) is 5.60. The van der Waals surface area contributed by atoms with Gasteiger partial charge in [-0.15, -0.1) is 0 Å². The van der Waals surface area contributed by atoms with Crippen LogP contribution < -0.4 is 0 Å². The third kappa shape index (κ3) is 4.51. The molecule has 6 heteroatoms. The van der Waals surface area contributed by atoms with E-state index in [1.165, 1.54) is 0 Å². The van der Waals surface area contributed by atoms with Gasteiger partial charge in [-0.3, -0.25) is 4.79 Å². The molecule has 0 spiro atoms. The number of hydrogen-bond acceptors (Lipinski definition) is 3. The lowest BCUT2D eigenvalue weighted by Crippen LogP contribution is -2.46. The van der Waals surface area contributed by atoms with Gasteiger partial charge in [0.15, 0.2) is 0 Å². The Morgan fingerprint density at radius 2 is 2.33 bits per heavy atom. The van der Waals surface area contributed by atoms with Crippen molar-refractivity contribution < 1.29 is 19.1 Å². The zero-order valence-corrected chi connectivity index (χ0v) is 12.3. The van der Waals surface area contributed by atoms with E-state index in [0.29, 0.717) is 19.5 Å². The first-order valence-corrected chi connectivity index (χ1v) is 7.30. The zero-order valence-electron chi connectivity index (χ0n) is 12.3. The van der Waals surface area contributed by atoms with Crippen molar-refractivity contribution in [2.45, 2.75) is 32.2 Å². The molecule has 1 unspecified atom stereocenters. The Morgan fingerprint density at radius 3 is 3.00 bits per heavy atom. The van der Waals surface area contributed by atoms with Crippen LogP contribution in [0, 0.1) is 5.92 Å². The molecule has 1 saturated heterocycles. The Morgan fingerprint density at radius 1 is 1.52 bits per heavy atom. The molecule has 1 aromatic rings. The van der Waals surface area contributed by atoms with Crippen molar-refractivity contribution >= 4 is 12.0 Å². The zero-order chi connectivity index (χ0) is 15.2. The van der Waals surface area contributed by atoms with Gasteiger partial charge >= 0.3 is 12.0 Å². The molecule has 2 amide bonds. The van der Waals surface area contributed by atoms with Gasteiger partial charge in [0.1, 0.15) is 5.76 Å². The van der Waals surface area contributed by atoms with Crippen LogP contribution in [0.1, 0.15) is 31.4 Å². The van der Waals surface area contributed by atoms with Crippen LogP contribution in [0.5, 0.6) is 0 Å². The summed E-state index contributed by atoms with van der Waals surface area (Å²) in [6.45, 7) is 1.83. The van der Waals surface area contributed by atoms with Crippen molar-refractivity contribution in [3.05, 3.63) is 24.2 Å². The highest BCUT2D eigenvalue weighted by molar-refractivity contribution is 5.74. The van der Waals surface area contributed by atoms with E-state index in [0.717, 1.165) is 25.1 Å². The summed E-state index contributed by atoms with van der Waals surface area (Å²) in [6, 6.07) is 3.62. The van der Waals surface area contributed by atoms with E-state index in [4.69, 9.17) is 9.52 Å². The number of carboxylic acids is 1. The number of carboxylic acid groups (broad SMARTS) is 1. The number of likely N-dealkylation sites (tertiary alicyclic amines) is 1. The maximum absolute atomic E-state index is 12.4. The smallest absolute Gasteiger partial charge is 0.320 e. The molecule has 1 aromatic heterocycles. The summed E-state index contributed by atoms with van der Waals surface area (Å²) in [6.07, 6.45) is 4.34. The lowest BCUT2D eigenvalue weighted by atomic mass is 9.93. The van der Waals surface area contributed by atoms with Crippen LogP contribution in [0.3, 0.4) is 0 Å². The van der Waals surface area contributed by atoms with Gasteiger partial charge in [-0.05, 0) is 37.3 Å². The molecular formula is C15H22N2O4. The number of nitrogens with zero attached hydrogens (tertiary/aromatic N) is 2. The fourth-order valence-electron chi connectivity index (χ4n) is 2.75. The number of amides is 2. The normalized spacial score (nSPS) is 18.5. The van der Waals surface area contributed by atoms with Gasteiger partial charge in [0, 0.05) is 26.6 Å². The van der Waals surface area contributed by atoms with Gasteiger partial charge in [-0.25, -0.2) is 4.79 Å². The van der Waals surface area contributed by atoms with Crippen LogP contribution in [0.2, 0.25) is 0 Å². The highest BCUT2D eigenvalue weighted by atomic mass is 16.4. The molecule has 0 aliphatic carbocycles. The standard InChI is InChI=1S/C15H22N2O4/c1-16(11-13-5-3-9-21-13)15(20)17-8-2-4-12(10-17)6-7-14(18)19/h3,5,9,12H,2,4,6-8,10-11H2,1H3,(H,18,19). The first kappa shape index (κ1) is 15.4. The third-order valence-electron chi connectivity index (χ3n) is 3.86. The largest absolute Gasteiger partial charge is 0.481 e. The molecule has 0 saturated carbocycles. The minimum Gasteiger partial charge on any atom is -0.481 e. The topological polar surface area (TPSA) is 74.0 Å². The van der Waals surface area contributed by atoms with Crippen molar-refractivity contribution in [1.29, 1.82) is 0 Å².